The van der Waals surface area contributed by atoms with Gasteiger partial charge >= 0.3 is 0 Å². The molecular weight excluding hydrogens is 298 g/mol. The Labute approximate surface area is 141 Å². The van der Waals surface area contributed by atoms with Gasteiger partial charge in [-0.25, -0.2) is 9.50 Å². The Morgan fingerprint density at radius 2 is 2.08 bits per heavy atom. The highest BCUT2D eigenvalue weighted by molar-refractivity contribution is 5.44. The maximum atomic E-state index is 9.08. The van der Waals surface area contributed by atoms with Crippen LogP contribution in [0.4, 0.5) is 0 Å². The Hall–Kier alpha value is -2.71. The number of benzene rings is 1. The first kappa shape index (κ1) is 14.9. The molecule has 4 rings (SSSR count). The maximum absolute atomic E-state index is 9.08. The van der Waals surface area contributed by atoms with Crippen molar-refractivity contribution in [1.82, 2.24) is 19.5 Å². The van der Waals surface area contributed by atoms with Crippen molar-refractivity contribution in [2.45, 2.75) is 25.3 Å². The lowest BCUT2D eigenvalue weighted by molar-refractivity contribution is 0.197. The minimum absolute atomic E-state index is 0.416. The molecule has 5 heteroatoms. The molecule has 3 heterocycles. The molecule has 0 spiro atoms. The van der Waals surface area contributed by atoms with E-state index in [1.165, 1.54) is 12.0 Å². The molecule has 1 fully saturated rings. The Balaban J connectivity index is 1.58. The van der Waals surface area contributed by atoms with Gasteiger partial charge in [-0.2, -0.15) is 10.4 Å². The van der Waals surface area contributed by atoms with Crippen LogP contribution in [0.1, 0.15) is 35.7 Å². The van der Waals surface area contributed by atoms with Crippen molar-refractivity contribution >= 4 is 5.65 Å². The van der Waals surface area contributed by atoms with E-state index in [2.05, 4.69) is 51.4 Å². The van der Waals surface area contributed by atoms with Crippen LogP contribution in [-0.4, -0.2) is 32.6 Å². The standard InChI is InChI=1S/C19H19N5/c20-12-17-11-19-21-9-8-18(24(19)22-17)16-7-4-10-23(14-16)13-15-5-2-1-3-6-15/h1-3,5-6,8-9,11,16H,4,7,10,13-14H2. The van der Waals surface area contributed by atoms with Crippen LogP contribution in [0.25, 0.3) is 5.65 Å². The summed E-state index contributed by atoms with van der Waals surface area (Å²) in [5.74, 6) is 0.416. The predicted molar refractivity (Wildman–Crippen MR) is 91.4 cm³/mol. The molecule has 0 radical (unpaired) electrons. The zero-order valence-electron chi connectivity index (χ0n) is 13.5. The topological polar surface area (TPSA) is 57.2 Å². The lowest BCUT2D eigenvalue weighted by atomic mass is 9.94. The van der Waals surface area contributed by atoms with Crippen LogP contribution in [0, 0.1) is 11.3 Å². The molecule has 120 valence electrons. The molecule has 2 aromatic heterocycles. The predicted octanol–water partition coefficient (Wildman–Crippen LogP) is 2.98. The number of likely N-dealkylation sites (tertiary alicyclic amines) is 1. The van der Waals surface area contributed by atoms with Gasteiger partial charge in [-0.3, -0.25) is 4.90 Å². The number of fused-ring (bicyclic) bond motifs is 1. The molecule has 1 atom stereocenters. The second kappa shape index (κ2) is 6.42. The van der Waals surface area contributed by atoms with E-state index >= 15 is 0 Å². The summed E-state index contributed by atoms with van der Waals surface area (Å²) >= 11 is 0. The number of nitrogens with zero attached hydrogens (tertiary/aromatic N) is 5. The third kappa shape index (κ3) is 2.89. The molecular formula is C19H19N5. The zero-order chi connectivity index (χ0) is 16.4. The molecule has 0 amide bonds. The molecule has 24 heavy (non-hydrogen) atoms. The van der Waals surface area contributed by atoms with E-state index < -0.39 is 0 Å². The summed E-state index contributed by atoms with van der Waals surface area (Å²) in [7, 11) is 0. The van der Waals surface area contributed by atoms with Crippen LogP contribution in [0.2, 0.25) is 0 Å². The van der Waals surface area contributed by atoms with Gasteiger partial charge in [0.25, 0.3) is 0 Å². The van der Waals surface area contributed by atoms with Gasteiger partial charge in [-0.05, 0) is 31.0 Å². The molecule has 3 aromatic rings. The second-order valence-corrected chi connectivity index (χ2v) is 6.34. The van der Waals surface area contributed by atoms with Crippen molar-refractivity contribution < 1.29 is 0 Å². The summed E-state index contributed by atoms with van der Waals surface area (Å²) in [5, 5.41) is 13.5. The number of hydrogen-bond donors (Lipinski definition) is 0. The number of rotatable bonds is 3. The average molecular weight is 317 g/mol. The normalized spacial score (nSPS) is 18.5. The van der Waals surface area contributed by atoms with Gasteiger partial charge in [0, 0.05) is 31.3 Å². The second-order valence-electron chi connectivity index (χ2n) is 6.34. The van der Waals surface area contributed by atoms with E-state index in [4.69, 9.17) is 5.26 Å². The SMILES string of the molecule is N#Cc1cc2nccc(C3CCCN(Cc4ccccc4)C3)n2n1. The Morgan fingerprint density at radius 1 is 1.21 bits per heavy atom. The summed E-state index contributed by atoms with van der Waals surface area (Å²) in [6, 6.07) is 16.5. The van der Waals surface area contributed by atoms with Crippen molar-refractivity contribution in [3.8, 4) is 6.07 Å². The fraction of sp³-hybridized carbons (Fsp3) is 0.316. The zero-order valence-corrected chi connectivity index (χ0v) is 13.5. The van der Waals surface area contributed by atoms with Gasteiger partial charge in [-0.1, -0.05) is 30.3 Å². The number of piperidine rings is 1. The molecule has 5 nitrogen and oxygen atoms in total. The van der Waals surface area contributed by atoms with Crippen LogP contribution in [0.3, 0.4) is 0 Å². The van der Waals surface area contributed by atoms with Crippen molar-refractivity contribution in [2.24, 2.45) is 0 Å². The van der Waals surface area contributed by atoms with Crippen LogP contribution in [-0.2, 0) is 6.54 Å². The first-order valence-corrected chi connectivity index (χ1v) is 8.34. The summed E-state index contributed by atoms with van der Waals surface area (Å²) < 4.78 is 1.84. The monoisotopic (exact) mass is 317 g/mol. The lowest BCUT2D eigenvalue weighted by Crippen LogP contribution is -2.34. The molecule has 0 saturated carbocycles. The largest absolute Gasteiger partial charge is 0.298 e. The highest BCUT2D eigenvalue weighted by atomic mass is 15.3. The highest BCUT2D eigenvalue weighted by Crippen LogP contribution is 2.27. The molecule has 1 aliphatic heterocycles. The number of aromatic nitrogens is 3. The Kier molecular flexibility index (Phi) is 3.97. The van der Waals surface area contributed by atoms with Crippen LogP contribution >= 0.6 is 0 Å². The first-order chi connectivity index (χ1) is 11.8. The third-order valence-electron chi connectivity index (χ3n) is 4.67. The molecule has 0 N–H and O–H groups in total. The van der Waals surface area contributed by atoms with Crippen LogP contribution < -0.4 is 0 Å². The van der Waals surface area contributed by atoms with Gasteiger partial charge < -0.3 is 0 Å². The highest BCUT2D eigenvalue weighted by Gasteiger charge is 2.24. The molecule has 1 unspecified atom stereocenters. The number of nitriles is 1. The average Bonchev–Trinajstić information content (AvgIpc) is 3.06. The van der Waals surface area contributed by atoms with Crippen molar-refractivity contribution in [2.75, 3.05) is 13.1 Å². The third-order valence-corrected chi connectivity index (χ3v) is 4.67. The molecule has 1 aliphatic rings. The van der Waals surface area contributed by atoms with Gasteiger partial charge in [-0.15, -0.1) is 0 Å². The Bertz CT molecular complexity index is 878. The minimum atomic E-state index is 0.416. The van der Waals surface area contributed by atoms with Crippen LogP contribution in [0.15, 0.2) is 48.7 Å². The van der Waals surface area contributed by atoms with Crippen LogP contribution in [0.5, 0.6) is 0 Å². The summed E-state index contributed by atoms with van der Waals surface area (Å²) in [4.78, 5) is 6.83. The quantitative estimate of drug-likeness (QED) is 0.745. The Morgan fingerprint density at radius 3 is 2.92 bits per heavy atom. The van der Waals surface area contributed by atoms with E-state index in [9.17, 15) is 0 Å². The maximum Gasteiger partial charge on any atom is 0.165 e. The summed E-state index contributed by atoms with van der Waals surface area (Å²) in [6.45, 7) is 3.12. The fourth-order valence-corrected chi connectivity index (χ4v) is 3.56. The lowest BCUT2D eigenvalue weighted by Gasteiger charge is -2.33. The number of hydrogen-bond acceptors (Lipinski definition) is 4. The van der Waals surface area contributed by atoms with Gasteiger partial charge in [0.1, 0.15) is 6.07 Å². The minimum Gasteiger partial charge on any atom is -0.298 e. The summed E-state index contributed by atoms with van der Waals surface area (Å²) in [6.07, 6.45) is 4.14. The van der Waals surface area contributed by atoms with Crippen molar-refractivity contribution in [3.63, 3.8) is 0 Å². The van der Waals surface area contributed by atoms with Gasteiger partial charge in [0.05, 0.1) is 5.69 Å². The van der Waals surface area contributed by atoms with E-state index in [0.29, 0.717) is 11.6 Å². The van der Waals surface area contributed by atoms with E-state index in [0.717, 1.165) is 37.4 Å². The first-order valence-electron chi connectivity index (χ1n) is 8.34. The smallest absolute Gasteiger partial charge is 0.165 e. The van der Waals surface area contributed by atoms with Crippen molar-refractivity contribution in [1.29, 1.82) is 5.26 Å². The molecule has 1 aromatic carbocycles. The van der Waals surface area contributed by atoms with Gasteiger partial charge in [0.15, 0.2) is 11.3 Å². The molecule has 0 aliphatic carbocycles. The summed E-state index contributed by atoms with van der Waals surface area (Å²) in [5.41, 5.74) is 3.68. The molecule has 0 bridgehead atoms. The van der Waals surface area contributed by atoms with E-state index in [-0.39, 0.29) is 0 Å². The fourth-order valence-electron chi connectivity index (χ4n) is 3.56. The van der Waals surface area contributed by atoms with Crippen molar-refractivity contribution in [3.05, 3.63) is 65.6 Å². The molecule has 1 saturated heterocycles. The van der Waals surface area contributed by atoms with E-state index in [1.54, 1.807) is 6.07 Å². The van der Waals surface area contributed by atoms with E-state index in [1.807, 2.05) is 16.8 Å². The van der Waals surface area contributed by atoms with Gasteiger partial charge in [0.2, 0.25) is 0 Å².